The van der Waals surface area contributed by atoms with Gasteiger partial charge >= 0.3 is 5.97 Å². The average molecular weight is 433 g/mol. The van der Waals surface area contributed by atoms with E-state index in [1.165, 1.54) is 18.9 Å². The lowest BCUT2D eigenvalue weighted by molar-refractivity contribution is -0.139. The molecule has 0 saturated carbocycles. The third-order valence-corrected chi connectivity index (χ3v) is 5.81. The van der Waals surface area contributed by atoms with Crippen molar-refractivity contribution in [1.82, 2.24) is 19.6 Å². The van der Waals surface area contributed by atoms with Crippen molar-refractivity contribution in [2.24, 2.45) is 0 Å². The second-order valence-electron chi connectivity index (χ2n) is 5.99. The number of hydrogen-bond donors (Lipinski definition) is 0. The van der Waals surface area contributed by atoms with E-state index in [1.54, 1.807) is 29.0 Å². The highest BCUT2D eigenvalue weighted by molar-refractivity contribution is 8.00. The van der Waals surface area contributed by atoms with Gasteiger partial charge in [0.05, 0.1) is 12.6 Å². The van der Waals surface area contributed by atoms with Crippen molar-refractivity contribution in [3.63, 3.8) is 0 Å². The van der Waals surface area contributed by atoms with Gasteiger partial charge in [-0.25, -0.2) is 14.5 Å². The summed E-state index contributed by atoms with van der Waals surface area (Å²) in [6.07, 6.45) is 1.97. The van der Waals surface area contributed by atoms with Gasteiger partial charge < -0.3 is 4.74 Å². The molecule has 0 amide bonds. The monoisotopic (exact) mass is 432 g/mol. The highest BCUT2D eigenvalue weighted by atomic mass is 35.5. The number of carbonyl (C=O) groups excluding carboxylic acids is 1. The maximum Gasteiger partial charge on any atom is 0.319 e. The molecule has 1 unspecified atom stereocenters. The van der Waals surface area contributed by atoms with Gasteiger partial charge in [0.1, 0.15) is 11.6 Å². The molecule has 4 rings (SSSR count). The Kier molecular flexibility index (Phi) is 5.39. The summed E-state index contributed by atoms with van der Waals surface area (Å²) in [5, 5.41) is 6.27. The normalized spacial score (nSPS) is 12.4. The topological polar surface area (TPSA) is 69.4 Å². The molecule has 1 atom stereocenters. The summed E-state index contributed by atoms with van der Waals surface area (Å²) in [5.74, 6) is -0.377. The molecule has 0 spiro atoms. The number of nitrogens with zero attached hydrogens (tertiary/aromatic N) is 4. The van der Waals surface area contributed by atoms with Crippen LogP contribution >= 0.6 is 35.0 Å². The molecule has 28 heavy (non-hydrogen) atoms. The first-order valence-electron chi connectivity index (χ1n) is 8.33. The zero-order chi connectivity index (χ0) is 19.7. The molecular weight excluding hydrogens is 419 g/mol. The molecule has 0 aliphatic heterocycles. The summed E-state index contributed by atoms with van der Waals surface area (Å²) in [5.41, 5.74) is 2.31. The van der Waals surface area contributed by atoms with Crippen LogP contribution in [0.1, 0.15) is 5.56 Å². The minimum atomic E-state index is -0.555. The average Bonchev–Trinajstić information content (AvgIpc) is 3.12. The minimum absolute atomic E-state index is 0.363. The first-order chi connectivity index (χ1) is 13.5. The van der Waals surface area contributed by atoms with Gasteiger partial charge in [-0.2, -0.15) is 0 Å². The summed E-state index contributed by atoms with van der Waals surface area (Å²) in [6.45, 7) is 0. The summed E-state index contributed by atoms with van der Waals surface area (Å²) in [4.78, 5) is 21.3. The molecule has 6 nitrogen and oxygen atoms in total. The molecule has 4 aromatic rings. The number of hydrogen-bond acceptors (Lipinski definition) is 6. The van der Waals surface area contributed by atoms with E-state index >= 15 is 0 Å². The van der Waals surface area contributed by atoms with Gasteiger partial charge in [-0.05, 0) is 36.2 Å². The van der Waals surface area contributed by atoms with Crippen LogP contribution in [0, 0.1) is 0 Å². The molecule has 0 fully saturated rings. The predicted octanol–water partition coefficient (Wildman–Crippen LogP) is 4.46. The number of fused-ring (bicyclic) bond motifs is 3. The molecule has 0 bridgehead atoms. The lowest BCUT2D eigenvalue weighted by Crippen LogP contribution is -2.21. The number of halogens is 2. The maximum atomic E-state index is 12.3. The Labute approximate surface area is 174 Å². The predicted molar refractivity (Wildman–Crippen MR) is 110 cm³/mol. The summed E-state index contributed by atoms with van der Waals surface area (Å²) in [6, 6.07) is 12.9. The summed E-state index contributed by atoms with van der Waals surface area (Å²) >= 11 is 13.4. The summed E-state index contributed by atoms with van der Waals surface area (Å²) in [7, 11) is 1.36. The number of ether oxygens (including phenoxy) is 1. The van der Waals surface area contributed by atoms with Crippen molar-refractivity contribution in [1.29, 1.82) is 0 Å². The van der Waals surface area contributed by atoms with E-state index in [1.807, 2.05) is 24.3 Å². The Morgan fingerprint density at radius 1 is 1.25 bits per heavy atom. The lowest BCUT2D eigenvalue weighted by Gasteiger charge is -2.13. The number of carbonyl (C=O) groups is 1. The first-order valence-corrected chi connectivity index (χ1v) is 9.97. The number of methoxy groups -OCH3 is 1. The lowest BCUT2D eigenvalue weighted by atomic mass is 10.1. The van der Waals surface area contributed by atoms with Gasteiger partial charge in [0.2, 0.25) is 5.16 Å². The third kappa shape index (κ3) is 3.78. The van der Waals surface area contributed by atoms with Crippen LogP contribution in [0.3, 0.4) is 0 Å². The van der Waals surface area contributed by atoms with Gasteiger partial charge in [0.15, 0.2) is 5.65 Å². The van der Waals surface area contributed by atoms with Crippen molar-refractivity contribution in [3.05, 3.63) is 64.4 Å². The van der Waals surface area contributed by atoms with Crippen molar-refractivity contribution in [2.75, 3.05) is 7.11 Å². The standard InChI is InChI=1S/C19H14Cl2N4O2S/c1-27-18(26)16(8-11-6-7-12(20)9-14(11)21)28-19-23-17-13-4-2-3-5-15(13)22-10-25(17)24-19/h2-7,9-10,16H,8H2,1H3. The van der Waals surface area contributed by atoms with E-state index in [2.05, 4.69) is 15.1 Å². The number of thioether (sulfide) groups is 1. The largest absolute Gasteiger partial charge is 0.468 e. The first kappa shape index (κ1) is 19.0. The van der Waals surface area contributed by atoms with Gasteiger partial charge in [0, 0.05) is 15.4 Å². The van der Waals surface area contributed by atoms with E-state index in [0.29, 0.717) is 27.3 Å². The third-order valence-electron chi connectivity index (χ3n) is 4.20. The Balaban J connectivity index is 1.66. The Hall–Kier alpha value is -2.35. The fourth-order valence-corrected chi connectivity index (χ4v) is 4.30. The smallest absolute Gasteiger partial charge is 0.319 e. The number of para-hydroxylation sites is 1. The van der Waals surface area contributed by atoms with Crippen molar-refractivity contribution < 1.29 is 9.53 Å². The van der Waals surface area contributed by atoms with Crippen LogP contribution < -0.4 is 0 Å². The van der Waals surface area contributed by atoms with Crippen molar-refractivity contribution in [3.8, 4) is 0 Å². The molecule has 0 aliphatic rings. The van der Waals surface area contributed by atoms with E-state index in [9.17, 15) is 4.79 Å². The van der Waals surface area contributed by atoms with Crippen LogP contribution in [0.15, 0.2) is 53.9 Å². The molecule has 2 aromatic heterocycles. The highest BCUT2D eigenvalue weighted by Gasteiger charge is 2.25. The van der Waals surface area contributed by atoms with E-state index in [0.717, 1.165) is 16.5 Å². The zero-order valence-corrected chi connectivity index (χ0v) is 17.0. The van der Waals surface area contributed by atoms with Crippen LogP contribution in [-0.2, 0) is 16.0 Å². The Morgan fingerprint density at radius 3 is 2.86 bits per heavy atom. The van der Waals surface area contributed by atoms with Gasteiger partial charge in [-0.15, -0.1) is 5.10 Å². The molecule has 0 saturated heterocycles. The summed E-state index contributed by atoms with van der Waals surface area (Å²) < 4.78 is 6.57. The second-order valence-corrected chi connectivity index (χ2v) is 8.01. The number of esters is 1. The molecule has 0 radical (unpaired) electrons. The number of benzene rings is 2. The van der Waals surface area contributed by atoms with E-state index in [-0.39, 0.29) is 5.97 Å². The Bertz CT molecular complexity index is 1180. The molecule has 142 valence electrons. The molecule has 9 heteroatoms. The molecule has 2 heterocycles. The Morgan fingerprint density at radius 2 is 2.07 bits per heavy atom. The minimum Gasteiger partial charge on any atom is -0.468 e. The van der Waals surface area contributed by atoms with Crippen molar-refractivity contribution >= 4 is 57.5 Å². The van der Waals surface area contributed by atoms with Crippen LogP contribution in [0.25, 0.3) is 16.6 Å². The fourth-order valence-electron chi connectivity index (χ4n) is 2.83. The zero-order valence-electron chi connectivity index (χ0n) is 14.7. The van der Waals surface area contributed by atoms with Gasteiger partial charge in [-0.3, -0.25) is 4.79 Å². The molecule has 0 aliphatic carbocycles. The van der Waals surface area contributed by atoms with Crippen molar-refractivity contribution in [2.45, 2.75) is 16.8 Å². The number of rotatable bonds is 5. The molecule has 0 N–H and O–H groups in total. The quantitative estimate of drug-likeness (QED) is 0.342. The number of aromatic nitrogens is 4. The van der Waals surface area contributed by atoms with Crippen LogP contribution in [0.5, 0.6) is 0 Å². The maximum absolute atomic E-state index is 12.3. The van der Waals surface area contributed by atoms with Gasteiger partial charge in [0.25, 0.3) is 0 Å². The molecular formula is C19H14Cl2N4O2S. The SMILES string of the molecule is COC(=O)C(Cc1ccc(Cl)cc1Cl)Sc1nc2c3ccccc3ncn2n1. The van der Waals surface area contributed by atoms with Gasteiger partial charge in [-0.1, -0.05) is 53.2 Å². The molecule has 2 aromatic carbocycles. The highest BCUT2D eigenvalue weighted by Crippen LogP contribution is 2.29. The van der Waals surface area contributed by atoms with Crippen LogP contribution in [-0.4, -0.2) is 37.9 Å². The van der Waals surface area contributed by atoms with Crippen LogP contribution in [0.4, 0.5) is 0 Å². The fraction of sp³-hybridized carbons (Fsp3) is 0.158. The second kappa shape index (κ2) is 7.95. The van der Waals surface area contributed by atoms with E-state index < -0.39 is 5.25 Å². The van der Waals surface area contributed by atoms with Crippen LogP contribution in [0.2, 0.25) is 10.0 Å². The van der Waals surface area contributed by atoms with E-state index in [4.69, 9.17) is 27.9 Å².